The number of hydrogen-bond acceptors (Lipinski definition) is 4. The highest BCUT2D eigenvalue weighted by Crippen LogP contribution is 2.20. The van der Waals surface area contributed by atoms with Gasteiger partial charge in [0.2, 0.25) is 5.91 Å². The molecule has 5 nitrogen and oxygen atoms in total. The Hall–Kier alpha value is -3.10. The second-order valence-corrected chi connectivity index (χ2v) is 6.59. The average Bonchev–Trinajstić information content (AvgIpc) is 2.72. The first-order valence-corrected chi connectivity index (χ1v) is 9.16. The summed E-state index contributed by atoms with van der Waals surface area (Å²) in [5, 5.41) is 15.0. The topological polar surface area (TPSA) is 74.2 Å². The lowest BCUT2D eigenvalue weighted by Gasteiger charge is -2.22. The van der Waals surface area contributed by atoms with E-state index in [1.165, 1.54) is 6.08 Å². The number of amides is 1. The standard InChI is InChI=1S/C22H23N3O2/c23-15-18-6-4-17(5-7-18)8-9-22(26)25-20-2-1-3-21(14-20)27-16-19-10-12-24-13-11-19/h1-9,14,19,24H,10-13,16H2,(H,25,26)/b9-8+. The van der Waals surface area contributed by atoms with Crippen molar-refractivity contribution in [1.82, 2.24) is 5.32 Å². The van der Waals surface area contributed by atoms with Gasteiger partial charge in [-0.2, -0.15) is 5.26 Å². The molecule has 1 aliphatic rings. The summed E-state index contributed by atoms with van der Waals surface area (Å²) in [6.07, 6.45) is 5.46. The molecule has 0 atom stereocenters. The minimum Gasteiger partial charge on any atom is -0.493 e. The van der Waals surface area contributed by atoms with Gasteiger partial charge in [-0.25, -0.2) is 0 Å². The molecule has 0 aliphatic carbocycles. The summed E-state index contributed by atoms with van der Waals surface area (Å²) in [6.45, 7) is 2.81. The number of benzene rings is 2. The second-order valence-electron chi connectivity index (χ2n) is 6.59. The van der Waals surface area contributed by atoms with Crippen LogP contribution >= 0.6 is 0 Å². The van der Waals surface area contributed by atoms with Crippen molar-refractivity contribution in [2.24, 2.45) is 5.92 Å². The molecule has 5 heteroatoms. The maximum absolute atomic E-state index is 12.1. The monoisotopic (exact) mass is 361 g/mol. The fourth-order valence-electron chi connectivity index (χ4n) is 2.95. The number of ether oxygens (including phenoxy) is 1. The van der Waals surface area contributed by atoms with E-state index in [9.17, 15) is 4.79 Å². The molecule has 0 radical (unpaired) electrons. The van der Waals surface area contributed by atoms with Crippen LogP contribution in [0.5, 0.6) is 5.75 Å². The van der Waals surface area contributed by atoms with E-state index in [0.717, 1.165) is 37.2 Å². The average molecular weight is 361 g/mol. The van der Waals surface area contributed by atoms with E-state index in [0.29, 0.717) is 23.8 Å². The molecule has 2 N–H and O–H groups in total. The Bertz CT molecular complexity index is 831. The van der Waals surface area contributed by atoms with Gasteiger partial charge < -0.3 is 15.4 Å². The number of anilines is 1. The fraction of sp³-hybridized carbons (Fsp3) is 0.273. The third-order valence-corrected chi connectivity index (χ3v) is 4.51. The molecule has 0 aromatic heterocycles. The van der Waals surface area contributed by atoms with Crippen LogP contribution in [-0.2, 0) is 4.79 Å². The molecule has 2 aromatic carbocycles. The van der Waals surface area contributed by atoms with E-state index in [2.05, 4.69) is 16.7 Å². The van der Waals surface area contributed by atoms with Crippen molar-refractivity contribution >= 4 is 17.7 Å². The van der Waals surface area contributed by atoms with Gasteiger partial charge in [0.15, 0.2) is 0 Å². The molecular formula is C22H23N3O2. The highest BCUT2D eigenvalue weighted by molar-refractivity contribution is 6.02. The molecule has 138 valence electrons. The third-order valence-electron chi connectivity index (χ3n) is 4.51. The van der Waals surface area contributed by atoms with E-state index in [1.807, 2.05) is 24.3 Å². The summed E-state index contributed by atoms with van der Waals surface area (Å²) in [7, 11) is 0. The lowest BCUT2D eigenvalue weighted by molar-refractivity contribution is -0.111. The molecule has 0 saturated carbocycles. The van der Waals surface area contributed by atoms with Crippen LogP contribution in [-0.4, -0.2) is 25.6 Å². The number of piperidine rings is 1. The molecule has 1 amide bonds. The summed E-state index contributed by atoms with van der Waals surface area (Å²) in [5.74, 6) is 1.14. The van der Waals surface area contributed by atoms with Crippen LogP contribution in [0.4, 0.5) is 5.69 Å². The van der Waals surface area contributed by atoms with Crippen LogP contribution in [0.25, 0.3) is 6.08 Å². The van der Waals surface area contributed by atoms with Gasteiger partial charge in [0, 0.05) is 17.8 Å². The zero-order valence-electron chi connectivity index (χ0n) is 15.2. The van der Waals surface area contributed by atoms with Gasteiger partial charge in [-0.05, 0) is 67.8 Å². The summed E-state index contributed by atoms with van der Waals surface area (Å²) < 4.78 is 5.90. The molecule has 0 unspecified atom stereocenters. The van der Waals surface area contributed by atoms with E-state index in [1.54, 1.807) is 30.3 Å². The zero-order valence-corrected chi connectivity index (χ0v) is 15.2. The minimum atomic E-state index is -0.213. The van der Waals surface area contributed by atoms with Crippen molar-refractivity contribution in [3.8, 4) is 11.8 Å². The Morgan fingerprint density at radius 3 is 2.74 bits per heavy atom. The molecule has 0 spiro atoms. The normalized spacial score (nSPS) is 14.6. The van der Waals surface area contributed by atoms with E-state index in [-0.39, 0.29) is 5.91 Å². The second kappa shape index (κ2) is 9.56. The van der Waals surface area contributed by atoms with Crippen molar-refractivity contribution in [2.75, 3.05) is 25.0 Å². The van der Waals surface area contributed by atoms with Crippen molar-refractivity contribution in [2.45, 2.75) is 12.8 Å². The number of nitrogens with zero attached hydrogens (tertiary/aromatic N) is 1. The van der Waals surface area contributed by atoms with Crippen molar-refractivity contribution in [3.05, 3.63) is 65.7 Å². The first-order chi connectivity index (χ1) is 13.2. The van der Waals surface area contributed by atoms with Crippen LogP contribution in [0.3, 0.4) is 0 Å². The summed E-state index contributed by atoms with van der Waals surface area (Å²) >= 11 is 0. The summed E-state index contributed by atoms with van der Waals surface area (Å²) in [5.41, 5.74) is 2.16. The van der Waals surface area contributed by atoms with Gasteiger partial charge in [-0.1, -0.05) is 18.2 Å². The molecule has 2 aromatic rings. The number of nitrogens with one attached hydrogen (secondary N) is 2. The Morgan fingerprint density at radius 2 is 2.00 bits per heavy atom. The fourth-order valence-corrected chi connectivity index (χ4v) is 2.95. The van der Waals surface area contributed by atoms with E-state index in [4.69, 9.17) is 10.00 Å². The van der Waals surface area contributed by atoms with Crippen LogP contribution in [0.2, 0.25) is 0 Å². The molecule has 3 rings (SSSR count). The summed E-state index contributed by atoms with van der Waals surface area (Å²) in [4.78, 5) is 12.1. The largest absolute Gasteiger partial charge is 0.493 e. The predicted octanol–water partition coefficient (Wildman–Crippen LogP) is 3.59. The van der Waals surface area contributed by atoms with Crippen LogP contribution in [0.15, 0.2) is 54.6 Å². The van der Waals surface area contributed by atoms with Crippen molar-refractivity contribution in [1.29, 1.82) is 5.26 Å². The number of carbonyl (C=O) groups excluding carboxylic acids is 1. The molecule has 1 saturated heterocycles. The summed E-state index contributed by atoms with van der Waals surface area (Å²) in [6, 6.07) is 16.6. The third kappa shape index (κ3) is 5.98. The highest BCUT2D eigenvalue weighted by Gasteiger charge is 2.13. The molecule has 0 bridgehead atoms. The van der Waals surface area contributed by atoms with E-state index < -0.39 is 0 Å². The molecule has 1 fully saturated rings. The van der Waals surface area contributed by atoms with Gasteiger partial charge in [0.05, 0.1) is 18.2 Å². The lowest BCUT2D eigenvalue weighted by Crippen LogP contribution is -2.30. The Balaban J connectivity index is 1.52. The first kappa shape index (κ1) is 18.7. The van der Waals surface area contributed by atoms with Crippen LogP contribution in [0.1, 0.15) is 24.0 Å². The zero-order chi connectivity index (χ0) is 18.9. The number of rotatable bonds is 6. The van der Waals surface area contributed by atoms with Crippen LogP contribution in [0, 0.1) is 17.2 Å². The highest BCUT2D eigenvalue weighted by atomic mass is 16.5. The molecule has 1 heterocycles. The van der Waals surface area contributed by atoms with E-state index >= 15 is 0 Å². The van der Waals surface area contributed by atoms with Gasteiger partial charge in [0.25, 0.3) is 0 Å². The maximum atomic E-state index is 12.1. The molecule has 1 aliphatic heterocycles. The van der Waals surface area contributed by atoms with Gasteiger partial charge in [-0.3, -0.25) is 4.79 Å². The molecular weight excluding hydrogens is 338 g/mol. The Morgan fingerprint density at radius 1 is 1.22 bits per heavy atom. The Labute approximate surface area is 159 Å². The lowest BCUT2D eigenvalue weighted by atomic mass is 9.99. The smallest absolute Gasteiger partial charge is 0.248 e. The number of carbonyl (C=O) groups is 1. The predicted molar refractivity (Wildman–Crippen MR) is 106 cm³/mol. The SMILES string of the molecule is N#Cc1ccc(/C=C/C(=O)Nc2cccc(OCC3CCNCC3)c2)cc1. The first-order valence-electron chi connectivity index (χ1n) is 9.16. The minimum absolute atomic E-state index is 0.213. The van der Waals surface area contributed by atoms with Gasteiger partial charge in [0.1, 0.15) is 5.75 Å². The van der Waals surface area contributed by atoms with Gasteiger partial charge in [-0.15, -0.1) is 0 Å². The molecule has 27 heavy (non-hydrogen) atoms. The quantitative estimate of drug-likeness (QED) is 0.771. The maximum Gasteiger partial charge on any atom is 0.248 e. The number of nitriles is 1. The van der Waals surface area contributed by atoms with Gasteiger partial charge >= 0.3 is 0 Å². The van der Waals surface area contributed by atoms with Crippen molar-refractivity contribution in [3.63, 3.8) is 0 Å². The van der Waals surface area contributed by atoms with Crippen LogP contribution < -0.4 is 15.4 Å². The Kier molecular flexibility index (Phi) is 6.61. The van der Waals surface area contributed by atoms with Crippen molar-refractivity contribution < 1.29 is 9.53 Å². The number of hydrogen-bond donors (Lipinski definition) is 2.